The second-order valence-electron chi connectivity index (χ2n) is 9.41. The molecular weight excluding hydrogens is 442 g/mol. The third-order valence-corrected chi connectivity index (χ3v) is 8.06. The number of pyridine rings is 2. The number of hydrogen-bond acceptors (Lipinski definition) is 6. The number of fused-ring (bicyclic) bond motifs is 2. The Hall–Kier alpha value is -3.23. The fourth-order valence-corrected chi connectivity index (χ4v) is 6.36. The van der Waals surface area contributed by atoms with Crippen LogP contribution in [0, 0.1) is 13.8 Å². The van der Waals surface area contributed by atoms with Crippen molar-refractivity contribution in [3.63, 3.8) is 0 Å². The highest BCUT2D eigenvalue weighted by Gasteiger charge is 2.23. The summed E-state index contributed by atoms with van der Waals surface area (Å²) in [5.74, 6) is 1.44. The average molecular weight is 472 g/mol. The quantitative estimate of drug-likeness (QED) is 0.379. The van der Waals surface area contributed by atoms with Gasteiger partial charge in [-0.2, -0.15) is 5.10 Å². The standard InChI is InChI=1S/C26H29N7S/c1-15(2)21-22-17(4)24(18-5-6-20(28-12-18)32-9-7-27-8-10-32)34-26(22)31-23(21)19-11-16(3)25-29-14-30-33(25)13-19/h5-6,11-15,27,31H,7-10H2,1-4H3. The summed E-state index contributed by atoms with van der Waals surface area (Å²) in [4.78, 5) is 17.8. The molecule has 8 heteroatoms. The van der Waals surface area contributed by atoms with Crippen molar-refractivity contribution in [3.05, 3.63) is 53.6 Å². The molecule has 0 aromatic carbocycles. The molecular formula is C26H29N7S. The van der Waals surface area contributed by atoms with Gasteiger partial charge in [-0.15, -0.1) is 11.3 Å². The molecule has 1 aliphatic rings. The molecule has 0 saturated carbocycles. The van der Waals surface area contributed by atoms with E-state index in [1.165, 1.54) is 37.5 Å². The molecule has 7 nitrogen and oxygen atoms in total. The fourth-order valence-electron chi connectivity index (χ4n) is 5.14. The molecule has 1 saturated heterocycles. The zero-order valence-corrected chi connectivity index (χ0v) is 20.8. The van der Waals surface area contributed by atoms with E-state index in [0.29, 0.717) is 5.92 Å². The Kier molecular flexibility index (Phi) is 5.15. The van der Waals surface area contributed by atoms with Gasteiger partial charge in [-0.1, -0.05) is 13.8 Å². The van der Waals surface area contributed by atoms with Crippen molar-refractivity contribution in [1.82, 2.24) is 29.9 Å². The Morgan fingerprint density at radius 2 is 1.88 bits per heavy atom. The summed E-state index contributed by atoms with van der Waals surface area (Å²) >= 11 is 1.82. The van der Waals surface area contributed by atoms with Gasteiger partial charge in [-0.05, 0) is 54.7 Å². The molecule has 1 fully saturated rings. The van der Waals surface area contributed by atoms with Gasteiger partial charge < -0.3 is 15.2 Å². The van der Waals surface area contributed by atoms with Crippen LogP contribution in [-0.2, 0) is 0 Å². The van der Waals surface area contributed by atoms with Gasteiger partial charge in [0.05, 0.1) is 5.69 Å². The van der Waals surface area contributed by atoms with Crippen LogP contribution in [-0.4, -0.2) is 50.7 Å². The molecule has 2 N–H and O–H groups in total. The summed E-state index contributed by atoms with van der Waals surface area (Å²) in [6.07, 6.45) is 5.72. The van der Waals surface area contributed by atoms with E-state index < -0.39 is 0 Å². The third kappa shape index (κ3) is 3.40. The number of anilines is 1. The molecule has 0 spiro atoms. The smallest absolute Gasteiger partial charge is 0.158 e. The normalized spacial score (nSPS) is 14.7. The number of nitrogens with zero attached hydrogens (tertiary/aromatic N) is 5. The number of hydrogen-bond donors (Lipinski definition) is 2. The number of thiophene rings is 1. The summed E-state index contributed by atoms with van der Waals surface area (Å²) in [6.45, 7) is 12.9. The minimum atomic E-state index is 0.380. The van der Waals surface area contributed by atoms with Gasteiger partial charge >= 0.3 is 0 Å². The molecule has 0 bridgehead atoms. The molecule has 5 aromatic heterocycles. The topological polar surface area (TPSA) is 74.1 Å². The van der Waals surface area contributed by atoms with E-state index in [0.717, 1.165) is 48.8 Å². The minimum absolute atomic E-state index is 0.380. The second-order valence-corrected chi connectivity index (χ2v) is 10.4. The Balaban J connectivity index is 1.43. The summed E-state index contributed by atoms with van der Waals surface area (Å²) in [6, 6.07) is 6.60. The molecule has 6 rings (SSSR count). The number of nitrogens with one attached hydrogen (secondary N) is 2. The Morgan fingerprint density at radius 1 is 1.06 bits per heavy atom. The lowest BCUT2D eigenvalue weighted by Gasteiger charge is -2.28. The van der Waals surface area contributed by atoms with Crippen molar-refractivity contribution in [2.45, 2.75) is 33.6 Å². The van der Waals surface area contributed by atoms with Gasteiger partial charge in [0.1, 0.15) is 17.0 Å². The molecule has 6 heterocycles. The number of aryl methyl sites for hydroxylation is 2. The molecule has 5 aromatic rings. The Morgan fingerprint density at radius 3 is 2.62 bits per heavy atom. The predicted octanol–water partition coefficient (Wildman–Crippen LogP) is 5.15. The Labute approximate surface area is 202 Å². The summed E-state index contributed by atoms with van der Waals surface area (Å²) in [7, 11) is 0. The number of piperazine rings is 1. The number of aromatic nitrogens is 5. The van der Waals surface area contributed by atoms with E-state index in [1.54, 1.807) is 6.33 Å². The van der Waals surface area contributed by atoms with E-state index in [4.69, 9.17) is 4.98 Å². The maximum Gasteiger partial charge on any atom is 0.158 e. The van der Waals surface area contributed by atoms with Crippen molar-refractivity contribution in [2.75, 3.05) is 31.1 Å². The second kappa shape index (κ2) is 8.21. The van der Waals surface area contributed by atoms with Crippen LogP contribution < -0.4 is 10.2 Å². The van der Waals surface area contributed by atoms with Gasteiger partial charge in [0.15, 0.2) is 5.65 Å². The van der Waals surface area contributed by atoms with Gasteiger partial charge in [0.25, 0.3) is 0 Å². The third-order valence-electron chi connectivity index (χ3n) is 6.80. The molecule has 0 atom stereocenters. The highest BCUT2D eigenvalue weighted by Crippen LogP contribution is 2.45. The van der Waals surface area contributed by atoms with Gasteiger partial charge in [-0.25, -0.2) is 14.5 Å². The van der Waals surface area contributed by atoms with E-state index in [9.17, 15) is 0 Å². The van der Waals surface area contributed by atoms with Crippen molar-refractivity contribution in [1.29, 1.82) is 0 Å². The van der Waals surface area contributed by atoms with Gasteiger partial charge in [0.2, 0.25) is 0 Å². The largest absolute Gasteiger partial charge is 0.354 e. The highest BCUT2D eigenvalue weighted by atomic mass is 32.1. The minimum Gasteiger partial charge on any atom is -0.354 e. The lowest BCUT2D eigenvalue weighted by molar-refractivity contribution is 0.585. The van der Waals surface area contributed by atoms with Crippen LogP contribution >= 0.6 is 11.3 Å². The zero-order chi connectivity index (χ0) is 23.4. The van der Waals surface area contributed by atoms with Crippen molar-refractivity contribution < 1.29 is 0 Å². The molecule has 34 heavy (non-hydrogen) atoms. The number of rotatable bonds is 4. The van der Waals surface area contributed by atoms with Crippen LogP contribution in [0.15, 0.2) is 36.9 Å². The average Bonchev–Trinajstić information content (AvgIpc) is 3.55. The highest BCUT2D eigenvalue weighted by molar-refractivity contribution is 7.22. The molecule has 0 unspecified atom stereocenters. The van der Waals surface area contributed by atoms with Crippen molar-refractivity contribution >= 4 is 33.0 Å². The monoisotopic (exact) mass is 471 g/mol. The lowest BCUT2D eigenvalue weighted by Crippen LogP contribution is -2.43. The SMILES string of the molecule is Cc1c(-c2ccc(N3CCNCC3)nc2)sc2[nH]c(-c3cc(C)c4ncnn4c3)c(C(C)C)c12. The van der Waals surface area contributed by atoms with Crippen LogP contribution in [0.3, 0.4) is 0 Å². The van der Waals surface area contributed by atoms with Crippen LogP contribution in [0.1, 0.15) is 36.5 Å². The van der Waals surface area contributed by atoms with E-state index in [2.05, 4.69) is 77.4 Å². The van der Waals surface area contributed by atoms with E-state index >= 15 is 0 Å². The summed E-state index contributed by atoms with van der Waals surface area (Å²) in [5, 5.41) is 9.12. The first-order valence-electron chi connectivity index (χ1n) is 11.9. The Bertz CT molecular complexity index is 1480. The fraction of sp³-hybridized carbons (Fsp3) is 0.346. The van der Waals surface area contributed by atoms with Crippen molar-refractivity contribution in [2.24, 2.45) is 0 Å². The predicted molar refractivity (Wildman–Crippen MR) is 140 cm³/mol. The number of H-pyrrole nitrogens is 1. The summed E-state index contributed by atoms with van der Waals surface area (Å²) in [5.41, 5.74) is 8.21. The molecule has 1 aliphatic heterocycles. The maximum atomic E-state index is 4.81. The lowest BCUT2D eigenvalue weighted by atomic mass is 9.95. The van der Waals surface area contributed by atoms with Crippen LogP contribution in [0.5, 0.6) is 0 Å². The maximum absolute atomic E-state index is 4.81. The first kappa shape index (κ1) is 21.3. The molecule has 0 radical (unpaired) electrons. The van der Waals surface area contributed by atoms with Gasteiger partial charge in [0, 0.05) is 60.0 Å². The molecule has 174 valence electrons. The number of aromatic amines is 1. The van der Waals surface area contributed by atoms with Gasteiger partial charge in [-0.3, -0.25) is 0 Å². The van der Waals surface area contributed by atoms with Crippen LogP contribution in [0.4, 0.5) is 5.82 Å². The van der Waals surface area contributed by atoms with Crippen LogP contribution in [0.25, 0.3) is 37.6 Å². The first-order chi connectivity index (χ1) is 16.5. The molecule has 0 amide bonds. The first-order valence-corrected chi connectivity index (χ1v) is 12.7. The van der Waals surface area contributed by atoms with Crippen molar-refractivity contribution in [3.8, 4) is 21.7 Å². The van der Waals surface area contributed by atoms with E-state index in [1.807, 2.05) is 22.0 Å². The van der Waals surface area contributed by atoms with E-state index in [-0.39, 0.29) is 0 Å². The summed E-state index contributed by atoms with van der Waals surface area (Å²) < 4.78 is 1.87. The zero-order valence-electron chi connectivity index (χ0n) is 20.0. The van der Waals surface area contributed by atoms with Crippen LogP contribution in [0.2, 0.25) is 0 Å². The molecule has 0 aliphatic carbocycles.